The summed E-state index contributed by atoms with van der Waals surface area (Å²) in [7, 11) is 0. The second-order valence-electron chi connectivity index (χ2n) is 5.93. The Hall–Kier alpha value is -2.74. The van der Waals surface area contributed by atoms with Gasteiger partial charge in [0, 0.05) is 29.8 Å². The Morgan fingerprint density at radius 1 is 1.04 bits per heavy atom. The first kappa shape index (κ1) is 15.8. The van der Waals surface area contributed by atoms with E-state index < -0.39 is 0 Å². The number of aromatic nitrogens is 6. The Bertz CT molecular complexity index is 1160. The van der Waals surface area contributed by atoms with Gasteiger partial charge in [0.05, 0.1) is 5.69 Å². The van der Waals surface area contributed by atoms with Crippen molar-refractivity contribution in [2.75, 3.05) is 0 Å². The van der Waals surface area contributed by atoms with Crippen LogP contribution in [-0.2, 0) is 5.75 Å². The monoisotopic (exact) mass is 352 g/mol. The molecule has 0 unspecified atom stereocenters. The molecule has 0 bridgehead atoms. The molecular formula is C17H16N6OS. The summed E-state index contributed by atoms with van der Waals surface area (Å²) in [5.74, 6) is 1.37. The number of aryl methyl sites for hydroxylation is 3. The molecule has 4 rings (SSSR count). The first-order chi connectivity index (χ1) is 12.0. The van der Waals surface area contributed by atoms with E-state index in [9.17, 15) is 4.79 Å². The van der Waals surface area contributed by atoms with Gasteiger partial charge in [0.25, 0.3) is 5.56 Å². The zero-order valence-electron chi connectivity index (χ0n) is 14.1. The van der Waals surface area contributed by atoms with Gasteiger partial charge in [-0.3, -0.25) is 13.6 Å². The quantitative estimate of drug-likeness (QED) is 0.527. The molecule has 0 radical (unpaired) electrons. The lowest BCUT2D eigenvalue weighted by Gasteiger charge is -2.05. The van der Waals surface area contributed by atoms with E-state index in [4.69, 9.17) is 0 Å². The highest BCUT2D eigenvalue weighted by Crippen LogP contribution is 2.22. The maximum atomic E-state index is 12.3. The van der Waals surface area contributed by atoms with E-state index in [2.05, 4.69) is 20.2 Å². The van der Waals surface area contributed by atoms with Crippen LogP contribution in [0.25, 0.3) is 11.3 Å². The van der Waals surface area contributed by atoms with E-state index in [1.54, 1.807) is 16.7 Å². The molecule has 0 amide bonds. The van der Waals surface area contributed by atoms with Crippen molar-refractivity contribution in [3.05, 3.63) is 63.6 Å². The number of thioether (sulfide) groups is 1. The van der Waals surface area contributed by atoms with Crippen LogP contribution in [0.4, 0.5) is 0 Å². The fourth-order valence-electron chi connectivity index (χ4n) is 2.77. The first-order valence-electron chi connectivity index (χ1n) is 7.82. The topological polar surface area (TPSA) is 77.4 Å². The molecule has 0 saturated carbocycles. The zero-order chi connectivity index (χ0) is 17.6. The predicted molar refractivity (Wildman–Crippen MR) is 96.0 cm³/mol. The zero-order valence-corrected chi connectivity index (χ0v) is 14.9. The summed E-state index contributed by atoms with van der Waals surface area (Å²) in [6.07, 6.45) is 1.80. The minimum atomic E-state index is -0.0797. The molecule has 4 aromatic heterocycles. The summed E-state index contributed by atoms with van der Waals surface area (Å²) < 4.78 is 3.47. The number of nitrogens with zero attached hydrogens (tertiary/aromatic N) is 6. The Morgan fingerprint density at radius 2 is 1.88 bits per heavy atom. The van der Waals surface area contributed by atoms with E-state index in [0.29, 0.717) is 17.1 Å². The fraction of sp³-hybridized carbons (Fsp3) is 0.235. The maximum absolute atomic E-state index is 12.3. The molecule has 4 heterocycles. The molecule has 8 heteroatoms. The Kier molecular flexibility index (Phi) is 3.76. The second kappa shape index (κ2) is 5.96. The minimum absolute atomic E-state index is 0.0797. The van der Waals surface area contributed by atoms with Crippen LogP contribution in [0.15, 0.2) is 40.4 Å². The largest absolute Gasteiger partial charge is 0.269 e. The standard InChI is InChI=1S/C17H16N6OS/c1-10-4-5-14-19-13(7-16(24)22(14)8-10)9-25-17-21-20-15-6-11(2)18-12(3)23(15)17/h4-8H,9H2,1-3H3. The van der Waals surface area contributed by atoms with Gasteiger partial charge in [0.2, 0.25) is 0 Å². The summed E-state index contributed by atoms with van der Waals surface area (Å²) in [6, 6.07) is 7.27. The lowest BCUT2D eigenvalue weighted by atomic mass is 10.3. The van der Waals surface area contributed by atoms with Crippen molar-refractivity contribution < 1.29 is 0 Å². The van der Waals surface area contributed by atoms with E-state index in [0.717, 1.165) is 27.9 Å². The molecule has 0 aliphatic rings. The summed E-state index contributed by atoms with van der Waals surface area (Å²) in [6.45, 7) is 5.81. The van der Waals surface area contributed by atoms with Gasteiger partial charge >= 0.3 is 0 Å². The Balaban J connectivity index is 1.67. The smallest absolute Gasteiger partial charge is 0.258 e. The van der Waals surface area contributed by atoms with Crippen LogP contribution >= 0.6 is 11.8 Å². The number of fused-ring (bicyclic) bond motifs is 2. The molecule has 4 aromatic rings. The van der Waals surface area contributed by atoms with E-state index >= 15 is 0 Å². The van der Waals surface area contributed by atoms with Crippen LogP contribution in [-0.4, -0.2) is 29.0 Å². The summed E-state index contributed by atoms with van der Waals surface area (Å²) in [5, 5.41) is 9.17. The van der Waals surface area contributed by atoms with Crippen LogP contribution in [0.5, 0.6) is 0 Å². The Morgan fingerprint density at radius 3 is 2.72 bits per heavy atom. The normalized spacial score (nSPS) is 11.5. The molecule has 0 spiro atoms. The highest BCUT2D eigenvalue weighted by molar-refractivity contribution is 7.98. The van der Waals surface area contributed by atoms with Crippen molar-refractivity contribution in [1.29, 1.82) is 0 Å². The highest BCUT2D eigenvalue weighted by Gasteiger charge is 2.11. The van der Waals surface area contributed by atoms with Crippen molar-refractivity contribution in [3.8, 4) is 0 Å². The van der Waals surface area contributed by atoms with Gasteiger partial charge < -0.3 is 0 Å². The van der Waals surface area contributed by atoms with Crippen LogP contribution in [0.1, 0.15) is 22.8 Å². The highest BCUT2D eigenvalue weighted by atomic mass is 32.2. The van der Waals surface area contributed by atoms with Crippen LogP contribution in [0, 0.1) is 20.8 Å². The number of pyridine rings is 1. The SMILES string of the molecule is Cc1ccc2nc(CSc3nnc4cc(C)nc(C)n34)cc(=O)n2c1. The third kappa shape index (κ3) is 2.89. The third-order valence-corrected chi connectivity index (χ3v) is 4.83. The molecule has 0 atom stereocenters. The molecule has 0 N–H and O–H groups in total. The molecular weight excluding hydrogens is 336 g/mol. The van der Waals surface area contributed by atoms with Crippen molar-refractivity contribution in [1.82, 2.24) is 29.0 Å². The van der Waals surface area contributed by atoms with Gasteiger partial charge in [-0.15, -0.1) is 10.2 Å². The lowest BCUT2D eigenvalue weighted by molar-refractivity contribution is 0.853. The van der Waals surface area contributed by atoms with E-state index in [-0.39, 0.29) is 5.56 Å². The molecule has 25 heavy (non-hydrogen) atoms. The average molecular weight is 352 g/mol. The van der Waals surface area contributed by atoms with Crippen LogP contribution in [0.2, 0.25) is 0 Å². The Labute approximate surface area is 147 Å². The average Bonchev–Trinajstić information content (AvgIpc) is 2.97. The fourth-order valence-corrected chi connectivity index (χ4v) is 3.65. The summed E-state index contributed by atoms with van der Waals surface area (Å²) in [4.78, 5) is 21.3. The van der Waals surface area contributed by atoms with Crippen LogP contribution < -0.4 is 5.56 Å². The molecule has 0 fully saturated rings. The van der Waals surface area contributed by atoms with Gasteiger partial charge in [-0.2, -0.15) is 0 Å². The van der Waals surface area contributed by atoms with Crippen molar-refractivity contribution in [2.24, 2.45) is 0 Å². The van der Waals surface area contributed by atoms with Gasteiger partial charge in [-0.1, -0.05) is 17.8 Å². The third-order valence-electron chi connectivity index (χ3n) is 3.87. The van der Waals surface area contributed by atoms with Crippen molar-refractivity contribution >= 4 is 23.1 Å². The van der Waals surface area contributed by atoms with Gasteiger partial charge in [-0.25, -0.2) is 9.97 Å². The number of rotatable bonds is 3. The van der Waals surface area contributed by atoms with E-state index in [1.807, 2.05) is 43.4 Å². The van der Waals surface area contributed by atoms with Crippen LogP contribution in [0.3, 0.4) is 0 Å². The van der Waals surface area contributed by atoms with E-state index in [1.165, 1.54) is 11.8 Å². The molecule has 0 aliphatic heterocycles. The maximum Gasteiger partial charge on any atom is 0.258 e. The molecule has 0 aromatic carbocycles. The van der Waals surface area contributed by atoms with Gasteiger partial charge in [0.1, 0.15) is 11.5 Å². The van der Waals surface area contributed by atoms with Gasteiger partial charge in [0.15, 0.2) is 10.8 Å². The summed E-state index contributed by atoms with van der Waals surface area (Å²) in [5.41, 5.74) is 3.99. The molecule has 126 valence electrons. The molecule has 0 saturated heterocycles. The molecule has 7 nitrogen and oxygen atoms in total. The number of hydrogen-bond donors (Lipinski definition) is 0. The summed E-state index contributed by atoms with van der Waals surface area (Å²) >= 11 is 1.49. The second-order valence-corrected chi connectivity index (χ2v) is 6.87. The minimum Gasteiger partial charge on any atom is -0.269 e. The van der Waals surface area contributed by atoms with Crippen molar-refractivity contribution in [2.45, 2.75) is 31.7 Å². The van der Waals surface area contributed by atoms with Crippen molar-refractivity contribution in [3.63, 3.8) is 0 Å². The van der Waals surface area contributed by atoms with Gasteiger partial charge in [-0.05, 0) is 32.4 Å². The number of hydrogen-bond acceptors (Lipinski definition) is 6. The first-order valence-corrected chi connectivity index (χ1v) is 8.81. The lowest BCUT2D eigenvalue weighted by Crippen LogP contribution is -2.15. The predicted octanol–water partition coefficient (Wildman–Crippen LogP) is 2.35. The molecule has 0 aliphatic carbocycles.